The van der Waals surface area contributed by atoms with E-state index in [1.54, 1.807) is 0 Å². The molecule has 0 saturated carbocycles. The van der Waals surface area contributed by atoms with E-state index in [1.807, 2.05) is 22.7 Å². The first kappa shape index (κ1) is 46.3. The highest BCUT2D eigenvalue weighted by atomic mass is 32.1. The van der Waals surface area contributed by atoms with Crippen molar-refractivity contribution in [1.29, 1.82) is 0 Å². The van der Waals surface area contributed by atoms with Crippen LogP contribution in [0, 0.1) is 0 Å². The molecule has 0 radical (unpaired) electrons. The van der Waals surface area contributed by atoms with Crippen molar-refractivity contribution in [2.45, 2.75) is 44.9 Å². The number of fused-ring (bicyclic) bond motifs is 20. The molecule has 0 bridgehead atoms. The van der Waals surface area contributed by atoms with Crippen LogP contribution in [0.1, 0.15) is 72.9 Å². The lowest BCUT2D eigenvalue weighted by Gasteiger charge is -2.34. The Bertz CT molecular complexity index is 4500. The molecular weight excluding hydrogens is 993 g/mol. The van der Waals surface area contributed by atoms with Crippen LogP contribution in [0.25, 0.3) is 84.1 Å². The van der Waals surface area contributed by atoms with Gasteiger partial charge in [-0.2, -0.15) is 0 Å². The molecular formula is C75H54N2S2. The molecule has 16 rings (SSSR count). The fraction of sp³-hybridized carbons (Fsp3) is 0.0933. The Morgan fingerprint density at radius 1 is 0.278 bits per heavy atom. The number of benzene rings is 12. The summed E-state index contributed by atoms with van der Waals surface area (Å²) in [6.45, 7) is 9.51. The molecule has 2 aromatic heterocycles. The zero-order chi connectivity index (χ0) is 52.7. The van der Waals surface area contributed by atoms with Crippen LogP contribution in [0.4, 0.5) is 34.1 Å². The summed E-state index contributed by atoms with van der Waals surface area (Å²) < 4.78 is 5.24. The van der Waals surface area contributed by atoms with Crippen molar-refractivity contribution in [3.63, 3.8) is 0 Å². The van der Waals surface area contributed by atoms with Gasteiger partial charge in [-0.1, -0.05) is 161 Å². The largest absolute Gasteiger partial charge is 0.310 e. The first-order valence-corrected chi connectivity index (χ1v) is 29.4. The van der Waals surface area contributed by atoms with Crippen LogP contribution >= 0.6 is 22.7 Å². The summed E-state index contributed by atoms with van der Waals surface area (Å²) in [5.74, 6) is 0.514. The summed E-state index contributed by atoms with van der Waals surface area (Å²) in [7, 11) is 0. The topological polar surface area (TPSA) is 6.48 Å². The summed E-state index contributed by atoms with van der Waals surface area (Å²) in [4.78, 5) is 4.93. The highest BCUT2D eigenvalue weighted by Gasteiger charge is 2.54. The first-order chi connectivity index (χ1) is 38.8. The fourth-order valence-corrected chi connectivity index (χ4v) is 16.2. The molecule has 14 aromatic rings. The van der Waals surface area contributed by atoms with Crippen LogP contribution in [0.5, 0.6) is 0 Å². The van der Waals surface area contributed by atoms with Crippen molar-refractivity contribution in [3.8, 4) is 22.3 Å². The molecule has 0 atom stereocenters. The van der Waals surface area contributed by atoms with Gasteiger partial charge in [0, 0.05) is 74.5 Å². The molecule has 376 valence electrons. The predicted octanol–water partition coefficient (Wildman–Crippen LogP) is 22.3. The van der Waals surface area contributed by atoms with Gasteiger partial charge in [0.05, 0.1) is 5.41 Å². The number of para-hydroxylation sites is 2. The number of hydrogen-bond acceptors (Lipinski definition) is 4. The van der Waals surface area contributed by atoms with E-state index in [0.29, 0.717) is 0 Å². The summed E-state index contributed by atoms with van der Waals surface area (Å²) in [5.41, 5.74) is 19.8. The maximum absolute atomic E-state index is 2.60. The Kier molecular flexibility index (Phi) is 10.3. The molecule has 2 heterocycles. The first-order valence-electron chi connectivity index (χ1n) is 27.8. The van der Waals surface area contributed by atoms with Crippen LogP contribution in [0.2, 0.25) is 0 Å². The summed E-state index contributed by atoms with van der Waals surface area (Å²) in [5, 5.41) is 10.4. The quantitative estimate of drug-likeness (QED) is 0.150. The summed E-state index contributed by atoms with van der Waals surface area (Å²) >= 11 is 3.74. The maximum Gasteiger partial charge on any atom is 0.0737 e. The number of nitrogens with zero attached hydrogens (tertiary/aromatic N) is 2. The van der Waals surface area contributed by atoms with Gasteiger partial charge < -0.3 is 9.80 Å². The second-order valence-electron chi connectivity index (χ2n) is 22.3. The van der Waals surface area contributed by atoms with Crippen molar-refractivity contribution < 1.29 is 0 Å². The van der Waals surface area contributed by atoms with Crippen molar-refractivity contribution in [2.24, 2.45) is 0 Å². The standard InChI is InChI=1S/C75H54N2S2/c1-45(2)59-43-65-66-44-60(46(3)4)62-40-50(77(48-21-9-6-10-22-48)52-34-38-72-64(42-52)56-26-14-18-30-70(56)79-72)32-36-58(62)74(66)75(67-27-15-11-23-53(67)54-24-12-16-28-68(54)75)73(65)57-35-31-49(39-61(57)59)76(47-19-7-5-8-20-47)51-33-37-71-63(41-51)55-25-13-17-29-69(55)78-71/h5-46H,1-4H3. The minimum absolute atomic E-state index is 0.257. The maximum atomic E-state index is 2.60. The third-order valence-electron chi connectivity index (χ3n) is 17.3. The molecule has 1 spiro atoms. The minimum Gasteiger partial charge on any atom is -0.310 e. The van der Waals surface area contributed by atoms with Gasteiger partial charge in [-0.3, -0.25) is 0 Å². The van der Waals surface area contributed by atoms with Gasteiger partial charge in [0.1, 0.15) is 0 Å². The Morgan fingerprint density at radius 3 is 1.06 bits per heavy atom. The lowest BCUT2D eigenvalue weighted by molar-refractivity contribution is 0.806. The molecule has 0 saturated heterocycles. The molecule has 2 aliphatic rings. The van der Waals surface area contributed by atoms with E-state index in [4.69, 9.17) is 0 Å². The second-order valence-corrected chi connectivity index (χ2v) is 24.5. The monoisotopic (exact) mass is 1050 g/mol. The van der Waals surface area contributed by atoms with Gasteiger partial charge in [-0.25, -0.2) is 0 Å². The SMILES string of the molecule is CC(C)c1cc2c(c3ccc(N(c4ccccc4)c4ccc5sc6ccccc6c5c4)cc13)C1(c3ccccc3-c3ccccc31)c1c-2cc(C(C)C)c2cc(N(c3ccccc3)c3ccc4sc5ccccc5c4c3)ccc12. The predicted molar refractivity (Wildman–Crippen MR) is 341 cm³/mol. The molecule has 4 heteroatoms. The van der Waals surface area contributed by atoms with E-state index >= 15 is 0 Å². The second kappa shape index (κ2) is 17.6. The number of rotatable bonds is 8. The lowest BCUT2D eigenvalue weighted by Crippen LogP contribution is -2.27. The van der Waals surface area contributed by atoms with Crippen LogP contribution in [0.3, 0.4) is 0 Å². The van der Waals surface area contributed by atoms with Gasteiger partial charge in [-0.05, 0) is 198 Å². The zero-order valence-electron chi connectivity index (χ0n) is 44.5. The Balaban J connectivity index is 0.965. The minimum atomic E-state index is -0.600. The zero-order valence-corrected chi connectivity index (χ0v) is 46.1. The molecule has 0 unspecified atom stereocenters. The normalized spacial score (nSPS) is 13.1. The van der Waals surface area contributed by atoms with Gasteiger partial charge in [0.2, 0.25) is 0 Å². The highest BCUT2D eigenvalue weighted by Crippen LogP contribution is 2.66. The van der Waals surface area contributed by atoms with Crippen molar-refractivity contribution >= 4 is 119 Å². The van der Waals surface area contributed by atoms with Crippen LogP contribution < -0.4 is 9.80 Å². The van der Waals surface area contributed by atoms with E-state index in [1.165, 1.54) is 118 Å². The molecule has 0 N–H and O–H groups in total. The van der Waals surface area contributed by atoms with E-state index in [9.17, 15) is 0 Å². The third-order valence-corrected chi connectivity index (χ3v) is 19.6. The molecule has 0 fully saturated rings. The molecule has 2 aliphatic carbocycles. The Morgan fingerprint density at radius 2 is 0.633 bits per heavy atom. The molecule has 0 amide bonds. The van der Waals surface area contributed by atoms with Crippen molar-refractivity contribution in [3.05, 3.63) is 276 Å². The van der Waals surface area contributed by atoms with Gasteiger partial charge in [0.15, 0.2) is 0 Å². The van der Waals surface area contributed by atoms with Crippen LogP contribution in [-0.2, 0) is 5.41 Å². The number of thiophene rings is 2. The van der Waals surface area contributed by atoms with E-state index in [0.717, 1.165) is 34.1 Å². The Hall–Kier alpha value is -8.80. The lowest BCUT2D eigenvalue weighted by atomic mass is 9.67. The van der Waals surface area contributed by atoms with E-state index < -0.39 is 5.41 Å². The average Bonchev–Trinajstić information content (AvgIpc) is 2.02. The number of anilines is 6. The van der Waals surface area contributed by atoms with Crippen molar-refractivity contribution in [1.82, 2.24) is 0 Å². The van der Waals surface area contributed by atoms with Gasteiger partial charge in [-0.15, -0.1) is 22.7 Å². The fourth-order valence-electron chi connectivity index (χ4n) is 14.0. The van der Waals surface area contributed by atoms with E-state index in [-0.39, 0.29) is 11.8 Å². The van der Waals surface area contributed by atoms with E-state index in [2.05, 4.69) is 280 Å². The Labute approximate surface area is 468 Å². The smallest absolute Gasteiger partial charge is 0.0737 e. The van der Waals surface area contributed by atoms with Gasteiger partial charge >= 0.3 is 0 Å². The third kappa shape index (κ3) is 6.75. The summed E-state index contributed by atoms with van der Waals surface area (Å²) in [6, 6.07) is 92.2. The van der Waals surface area contributed by atoms with Crippen LogP contribution in [-0.4, -0.2) is 0 Å². The molecule has 12 aromatic carbocycles. The molecule has 79 heavy (non-hydrogen) atoms. The summed E-state index contributed by atoms with van der Waals surface area (Å²) in [6.07, 6.45) is 0. The average molecular weight is 1050 g/mol. The van der Waals surface area contributed by atoms with Crippen LogP contribution in [0.15, 0.2) is 243 Å². The van der Waals surface area contributed by atoms with Gasteiger partial charge in [0.25, 0.3) is 0 Å². The highest BCUT2D eigenvalue weighted by molar-refractivity contribution is 7.26. The molecule has 0 aliphatic heterocycles. The van der Waals surface area contributed by atoms with Crippen molar-refractivity contribution in [2.75, 3.05) is 9.80 Å². The molecule has 2 nitrogen and oxygen atoms in total. The number of hydrogen-bond donors (Lipinski definition) is 0.